The Balaban J connectivity index is 4.10. The maximum atomic E-state index is 11.4. The van der Waals surface area contributed by atoms with Gasteiger partial charge in [-0.25, -0.2) is 28.2 Å². The smallest absolute Gasteiger partial charge is 0.435 e. The lowest BCUT2D eigenvalue weighted by atomic mass is 10.4. The summed E-state index contributed by atoms with van der Waals surface area (Å²) in [5.74, 6) is -0.884. The summed E-state index contributed by atoms with van der Waals surface area (Å²) >= 11 is 0. The molecule has 0 spiro atoms. The van der Waals surface area contributed by atoms with Crippen molar-refractivity contribution in [3.8, 4) is 0 Å². The van der Waals surface area contributed by atoms with Gasteiger partial charge in [0.2, 0.25) is 6.79 Å². The summed E-state index contributed by atoms with van der Waals surface area (Å²) < 4.78 is 39.7. The van der Waals surface area contributed by atoms with Crippen LogP contribution in [-0.4, -0.2) is 42.4 Å². The molecule has 140 valence electrons. The number of ether oxygens (including phenoxy) is 1. The standard InChI is InChI=1S/C11H20O11P2/c1-9(2)7-19-18-5-6-20-23(13,14)22-24(15,16)21-8-17-11(12)10(3)4/h1,3,5-8H2,2,4H3,(H,13,14)(H,15,16). The number of carbonyl (C=O) groups excluding carboxylic acids is 1. The van der Waals surface area contributed by atoms with Crippen molar-refractivity contribution in [1.82, 2.24) is 0 Å². The van der Waals surface area contributed by atoms with Crippen LogP contribution in [0.3, 0.4) is 0 Å². The molecule has 0 fully saturated rings. The molecule has 0 aliphatic heterocycles. The fourth-order valence-corrected chi connectivity index (χ4v) is 2.75. The minimum Gasteiger partial charge on any atom is -0.435 e. The average molecular weight is 390 g/mol. The van der Waals surface area contributed by atoms with E-state index < -0.39 is 35.0 Å². The summed E-state index contributed by atoms with van der Waals surface area (Å²) in [4.78, 5) is 38.7. The van der Waals surface area contributed by atoms with Crippen molar-refractivity contribution in [1.29, 1.82) is 0 Å². The second-order valence-corrected chi connectivity index (χ2v) is 7.40. The number of carbonyl (C=O) groups is 1. The van der Waals surface area contributed by atoms with Crippen LogP contribution in [0.25, 0.3) is 0 Å². The topological polar surface area (TPSA) is 147 Å². The van der Waals surface area contributed by atoms with Crippen molar-refractivity contribution in [3.05, 3.63) is 24.3 Å². The first-order valence-corrected chi connectivity index (χ1v) is 9.32. The summed E-state index contributed by atoms with van der Waals surface area (Å²) in [7, 11) is -9.92. The van der Waals surface area contributed by atoms with E-state index in [1.807, 2.05) is 0 Å². The Morgan fingerprint density at radius 2 is 1.58 bits per heavy atom. The van der Waals surface area contributed by atoms with E-state index in [-0.39, 0.29) is 18.8 Å². The molecule has 0 saturated carbocycles. The van der Waals surface area contributed by atoms with Crippen LogP contribution in [0.5, 0.6) is 0 Å². The Kier molecular flexibility index (Phi) is 10.5. The summed E-state index contributed by atoms with van der Waals surface area (Å²) in [5.41, 5.74) is 0.718. The summed E-state index contributed by atoms with van der Waals surface area (Å²) in [6, 6.07) is 0. The molecular formula is C11H20O11P2. The average Bonchev–Trinajstić information content (AvgIpc) is 2.40. The molecule has 11 nitrogen and oxygen atoms in total. The third-order valence-corrected chi connectivity index (χ3v) is 4.36. The van der Waals surface area contributed by atoms with Crippen LogP contribution in [0.2, 0.25) is 0 Å². The van der Waals surface area contributed by atoms with Gasteiger partial charge in [0.15, 0.2) is 0 Å². The van der Waals surface area contributed by atoms with E-state index in [4.69, 9.17) is 0 Å². The molecule has 0 saturated heterocycles. The molecule has 0 bridgehead atoms. The first-order chi connectivity index (χ1) is 11.0. The van der Waals surface area contributed by atoms with Crippen molar-refractivity contribution < 1.29 is 51.6 Å². The molecule has 0 aliphatic rings. The molecule has 0 aromatic carbocycles. The Labute approximate surface area is 138 Å². The van der Waals surface area contributed by atoms with E-state index in [9.17, 15) is 23.7 Å². The molecule has 0 radical (unpaired) electrons. The minimum absolute atomic E-state index is 0.0253. The second-order valence-electron chi connectivity index (χ2n) is 4.35. The maximum absolute atomic E-state index is 11.4. The van der Waals surface area contributed by atoms with E-state index in [2.05, 4.69) is 41.0 Å². The van der Waals surface area contributed by atoms with Crippen LogP contribution in [0, 0.1) is 0 Å². The summed E-state index contributed by atoms with van der Waals surface area (Å²) in [6.45, 7) is 8.26. The highest BCUT2D eigenvalue weighted by atomic mass is 31.3. The Morgan fingerprint density at radius 1 is 1.00 bits per heavy atom. The highest BCUT2D eigenvalue weighted by Crippen LogP contribution is 2.60. The number of phosphoric acid groups is 2. The van der Waals surface area contributed by atoms with Gasteiger partial charge in [0.1, 0.15) is 13.2 Å². The predicted octanol–water partition coefficient (Wildman–Crippen LogP) is 1.84. The van der Waals surface area contributed by atoms with Crippen LogP contribution < -0.4 is 0 Å². The summed E-state index contributed by atoms with van der Waals surface area (Å²) in [5, 5.41) is 0. The zero-order chi connectivity index (χ0) is 18.8. The Hall–Kier alpha value is -0.870. The molecule has 0 amide bonds. The van der Waals surface area contributed by atoms with Gasteiger partial charge in [0.05, 0.1) is 6.61 Å². The van der Waals surface area contributed by atoms with Gasteiger partial charge in [0, 0.05) is 5.57 Å². The van der Waals surface area contributed by atoms with Gasteiger partial charge in [0.25, 0.3) is 0 Å². The van der Waals surface area contributed by atoms with Gasteiger partial charge < -0.3 is 14.5 Å². The fraction of sp³-hybridized carbons (Fsp3) is 0.545. The number of phosphoric ester groups is 2. The van der Waals surface area contributed by atoms with Crippen LogP contribution >= 0.6 is 15.6 Å². The number of hydrogen-bond acceptors (Lipinski definition) is 9. The largest absolute Gasteiger partial charge is 0.484 e. The molecule has 0 aromatic heterocycles. The molecule has 24 heavy (non-hydrogen) atoms. The highest BCUT2D eigenvalue weighted by molar-refractivity contribution is 7.61. The molecule has 2 unspecified atom stereocenters. The Morgan fingerprint density at radius 3 is 2.12 bits per heavy atom. The highest BCUT2D eigenvalue weighted by Gasteiger charge is 2.35. The molecule has 2 N–H and O–H groups in total. The number of hydrogen-bond donors (Lipinski definition) is 2. The maximum Gasteiger partial charge on any atom is 0.484 e. The van der Waals surface area contributed by atoms with Crippen molar-refractivity contribution in [2.45, 2.75) is 13.8 Å². The van der Waals surface area contributed by atoms with Crippen molar-refractivity contribution in [2.75, 3.05) is 26.6 Å². The van der Waals surface area contributed by atoms with Gasteiger partial charge >= 0.3 is 21.6 Å². The van der Waals surface area contributed by atoms with Gasteiger partial charge in [-0.15, -0.1) is 0 Å². The summed E-state index contributed by atoms with van der Waals surface area (Å²) in [6.07, 6.45) is 0. The van der Waals surface area contributed by atoms with Crippen LogP contribution in [0.15, 0.2) is 24.3 Å². The monoisotopic (exact) mass is 390 g/mol. The quantitative estimate of drug-likeness (QED) is 0.0694. The Bertz CT molecular complexity index is 544. The van der Waals surface area contributed by atoms with Crippen molar-refractivity contribution in [2.24, 2.45) is 0 Å². The molecule has 0 aliphatic carbocycles. The van der Waals surface area contributed by atoms with E-state index in [1.54, 1.807) is 6.92 Å². The SMILES string of the molecule is C=C(C)COOCCOP(=O)(O)OP(=O)(O)OCOC(=O)C(=C)C. The van der Waals surface area contributed by atoms with Crippen LogP contribution in [0.4, 0.5) is 0 Å². The molecule has 0 heterocycles. The lowest BCUT2D eigenvalue weighted by Crippen LogP contribution is -2.09. The van der Waals surface area contributed by atoms with Crippen LogP contribution in [0.1, 0.15) is 13.8 Å². The fourth-order valence-electron chi connectivity index (χ4n) is 0.835. The predicted molar refractivity (Wildman–Crippen MR) is 80.3 cm³/mol. The van der Waals surface area contributed by atoms with Crippen LogP contribution in [-0.2, 0) is 41.8 Å². The van der Waals surface area contributed by atoms with Gasteiger partial charge in [-0.05, 0) is 13.8 Å². The third-order valence-electron chi connectivity index (χ3n) is 1.77. The lowest BCUT2D eigenvalue weighted by Gasteiger charge is -2.15. The van der Waals surface area contributed by atoms with E-state index >= 15 is 0 Å². The molecule has 2 atom stereocenters. The zero-order valence-electron chi connectivity index (χ0n) is 13.2. The molecule has 0 rings (SSSR count). The first-order valence-electron chi connectivity index (χ1n) is 6.32. The van der Waals surface area contributed by atoms with Crippen molar-refractivity contribution in [3.63, 3.8) is 0 Å². The lowest BCUT2D eigenvalue weighted by molar-refractivity contribution is -0.290. The van der Waals surface area contributed by atoms with Gasteiger partial charge in [-0.2, -0.15) is 4.31 Å². The zero-order valence-corrected chi connectivity index (χ0v) is 15.0. The normalized spacial score (nSPS) is 16.0. The number of esters is 1. The molecular weight excluding hydrogens is 370 g/mol. The number of rotatable bonds is 13. The van der Waals surface area contributed by atoms with E-state index in [0.717, 1.165) is 0 Å². The minimum atomic E-state index is -5.00. The molecule has 0 aromatic rings. The third kappa shape index (κ3) is 12.5. The van der Waals surface area contributed by atoms with Crippen molar-refractivity contribution >= 4 is 21.6 Å². The van der Waals surface area contributed by atoms with Gasteiger partial charge in [-0.3, -0.25) is 4.52 Å². The van der Waals surface area contributed by atoms with E-state index in [0.29, 0.717) is 5.57 Å². The second kappa shape index (κ2) is 10.9. The molecule has 13 heteroatoms. The van der Waals surface area contributed by atoms with Gasteiger partial charge in [-0.1, -0.05) is 18.7 Å². The van der Waals surface area contributed by atoms with E-state index in [1.165, 1.54) is 6.92 Å². The first kappa shape index (κ1) is 23.1.